The lowest BCUT2D eigenvalue weighted by Gasteiger charge is -2.20. The average molecular weight is 259 g/mol. The van der Waals surface area contributed by atoms with E-state index in [9.17, 15) is 0 Å². The van der Waals surface area contributed by atoms with Crippen molar-refractivity contribution in [2.24, 2.45) is 5.92 Å². The Morgan fingerprint density at radius 1 is 1.44 bits per heavy atom. The van der Waals surface area contributed by atoms with Gasteiger partial charge in [0.1, 0.15) is 0 Å². The van der Waals surface area contributed by atoms with Gasteiger partial charge < -0.3 is 10.2 Å². The maximum atomic E-state index is 6.19. The Kier molecular flexibility index (Phi) is 3.95. The molecular formula is C12H16Cl2N2. The Bertz CT molecular complexity index is 368. The first kappa shape index (κ1) is 12.0. The number of rotatable bonds is 3. The number of anilines is 1. The Hall–Kier alpha value is -0.440. The van der Waals surface area contributed by atoms with E-state index in [1.54, 1.807) is 0 Å². The molecule has 2 nitrogen and oxygen atoms in total. The van der Waals surface area contributed by atoms with Crippen LogP contribution in [0.5, 0.6) is 0 Å². The molecule has 1 aromatic carbocycles. The smallest absolute Gasteiger partial charge is 0.0640 e. The number of nitrogens with zero attached hydrogens (tertiary/aromatic N) is 1. The number of hydrogen-bond acceptors (Lipinski definition) is 2. The largest absolute Gasteiger partial charge is 0.370 e. The van der Waals surface area contributed by atoms with Gasteiger partial charge in [-0.3, -0.25) is 0 Å². The van der Waals surface area contributed by atoms with E-state index in [4.69, 9.17) is 23.2 Å². The highest BCUT2D eigenvalue weighted by Gasteiger charge is 2.23. The summed E-state index contributed by atoms with van der Waals surface area (Å²) in [6.45, 7) is 3.18. The molecule has 0 radical (unpaired) electrons. The van der Waals surface area contributed by atoms with Gasteiger partial charge in [0.2, 0.25) is 0 Å². The first-order valence-electron chi connectivity index (χ1n) is 5.55. The Morgan fingerprint density at radius 3 is 3.00 bits per heavy atom. The van der Waals surface area contributed by atoms with Crippen LogP contribution < -0.4 is 10.2 Å². The molecule has 0 amide bonds. The van der Waals surface area contributed by atoms with Crippen molar-refractivity contribution in [2.75, 3.05) is 31.6 Å². The summed E-state index contributed by atoms with van der Waals surface area (Å²) in [5.74, 6) is 0.708. The van der Waals surface area contributed by atoms with Gasteiger partial charge >= 0.3 is 0 Å². The summed E-state index contributed by atoms with van der Waals surface area (Å²) in [4.78, 5) is 2.32. The molecular weight excluding hydrogens is 243 g/mol. The van der Waals surface area contributed by atoms with Gasteiger partial charge in [0.25, 0.3) is 0 Å². The first-order chi connectivity index (χ1) is 7.70. The van der Waals surface area contributed by atoms with Gasteiger partial charge in [0.05, 0.1) is 10.7 Å². The summed E-state index contributed by atoms with van der Waals surface area (Å²) in [7, 11) is 2.00. The highest BCUT2D eigenvalue weighted by molar-refractivity contribution is 6.35. The molecule has 2 rings (SSSR count). The second-order valence-electron chi connectivity index (χ2n) is 4.25. The van der Waals surface area contributed by atoms with Crippen molar-refractivity contribution in [2.45, 2.75) is 6.42 Å². The lowest BCUT2D eigenvalue weighted by Crippen LogP contribution is -2.24. The van der Waals surface area contributed by atoms with Gasteiger partial charge in [-0.1, -0.05) is 23.2 Å². The lowest BCUT2D eigenvalue weighted by atomic mass is 10.1. The van der Waals surface area contributed by atoms with Crippen molar-refractivity contribution < 1.29 is 0 Å². The number of nitrogens with one attached hydrogen (secondary N) is 1. The minimum atomic E-state index is 0.708. The number of hydrogen-bond donors (Lipinski definition) is 1. The molecule has 88 valence electrons. The maximum Gasteiger partial charge on any atom is 0.0640 e. The van der Waals surface area contributed by atoms with Crippen molar-refractivity contribution in [3.63, 3.8) is 0 Å². The van der Waals surface area contributed by atoms with E-state index in [0.29, 0.717) is 5.92 Å². The fraction of sp³-hybridized carbons (Fsp3) is 0.500. The molecule has 1 N–H and O–H groups in total. The molecule has 1 unspecified atom stereocenters. The second kappa shape index (κ2) is 5.26. The van der Waals surface area contributed by atoms with Crippen LogP contribution in [0.1, 0.15) is 6.42 Å². The maximum absolute atomic E-state index is 6.19. The SMILES string of the molecule is CNCC1CCN(c2cc(Cl)ccc2Cl)C1. The zero-order valence-electron chi connectivity index (χ0n) is 9.34. The molecule has 1 aromatic rings. The van der Waals surface area contributed by atoms with Crippen LogP contribution >= 0.6 is 23.2 Å². The van der Waals surface area contributed by atoms with Crippen LogP contribution in [0.3, 0.4) is 0 Å². The summed E-state index contributed by atoms with van der Waals surface area (Å²) in [6, 6.07) is 5.64. The van der Waals surface area contributed by atoms with Gasteiger partial charge in [-0.15, -0.1) is 0 Å². The minimum Gasteiger partial charge on any atom is -0.370 e. The van der Waals surface area contributed by atoms with E-state index >= 15 is 0 Å². The fourth-order valence-electron chi connectivity index (χ4n) is 2.23. The molecule has 0 aliphatic carbocycles. The Morgan fingerprint density at radius 2 is 2.25 bits per heavy atom. The molecule has 1 saturated heterocycles. The zero-order valence-corrected chi connectivity index (χ0v) is 10.9. The van der Waals surface area contributed by atoms with Crippen LogP contribution in [-0.4, -0.2) is 26.7 Å². The van der Waals surface area contributed by atoms with Crippen molar-refractivity contribution >= 4 is 28.9 Å². The van der Waals surface area contributed by atoms with Crippen molar-refractivity contribution in [1.82, 2.24) is 5.32 Å². The normalized spacial score (nSPS) is 20.4. The molecule has 1 fully saturated rings. The van der Waals surface area contributed by atoms with Crippen LogP contribution in [0.25, 0.3) is 0 Å². The summed E-state index contributed by atoms with van der Waals surface area (Å²) in [5.41, 5.74) is 1.06. The lowest BCUT2D eigenvalue weighted by molar-refractivity contribution is 0.549. The molecule has 4 heteroatoms. The second-order valence-corrected chi connectivity index (χ2v) is 5.10. The van der Waals surface area contributed by atoms with E-state index in [1.807, 2.05) is 25.2 Å². The topological polar surface area (TPSA) is 15.3 Å². The van der Waals surface area contributed by atoms with Gasteiger partial charge in [-0.25, -0.2) is 0 Å². The molecule has 0 saturated carbocycles. The van der Waals surface area contributed by atoms with E-state index in [1.165, 1.54) is 6.42 Å². The first-order valence-corrected chi connectivity index (χ1v) is 6.31. The van der Waals surface area contributed by atoms with Crippen LogP contribution in [-0.2, 0) is 0 Å². The van der Waals surface area contributed by atoms with Gasteiger partial charge in [0.15, 0.2) is 0 Å². The third-order valence-electron chi connectivity index (χ3n) is 3.03. The molecule has 16 heavy (non-hydrogen) atoms. The quantitative estimate of drug-likeness (QED) is 0.897. The van der Waals surface area contributed by atoms with Crippen molar-refractivity contribution in [3.05, 3.63) is 28.2 Å². The number of halogens is 2. The highest BCUT2D eigenvalue weighted by Crippen LogP contribution is 2.32. The summed E-state index contributed by atoms with van der Waals surface area (Å²) in [6.07, 6.45) is 1.21. The van der Waals surface area contributed by atoms with Crippen molar-refractivity contribution in [3.8, 4) is 0 Å². The standard InChI is InChI=1S/C12H16Cl2N2/c1-15-7-9-4-5-16(8-9)12-6-10(13)2-3-11(12)14/h2-3,6,9,15H,4-5,7-8H2,1H3. The third-order valence-corrected chi connectivity index (χ3v) is 3.58. The minimum absolute atomic E-state index is 0.708. The summed E-state index contributed by atoms with van der Waals surface area (Å²) >= 11 is 12.2. The average Bonchev–Trinajstić information content (AvgIpc) is 2.71. The molecule has 0 spiro atoms. The van der Waals surface area contributed by atoms with E-state index < -0.39 is 0 Å². The van der Waals surface area contributed by atoms with Gasteiger partial charge in [-0.2, -0.15) is 0 Å². The third kappa shape index (κ3) is 2.62. The number of benzene rings is 1. The van der Waals surface area contributed by atoms with E-state index in [-0.39, 0.29) is 0 Å². The molecule has 1 heterocycles. The summed E-state index contributed by atoms with van der Waals surface area (Å²) < 4.78 is 0. The predicted octanol–water partition coefficient (Wildman–Crippen LogP) is 3.04. The Labute approximate surface area is 107 Å². The van der Waals surface area contributed by atoms with Crippen LogP contribution in [0, 0.1) is 5.92 Å². The molecule has 1 atom stereocenters. The molecule has 1 aliphatic heterocycles. The van der Waals surface area contributed by atoms with Crippen LogP contribution in [0.15, 0.2) is 18.2 Å². The Balaban J connectivity index is 2.11. The fourth-order valence-corrected chi connectivity index (χ4v) is 2.64. The van der Waals surface area contributed by atoms with Crippen LogP contribution in [0.2, 0.25) is 10.0 Å². The molecule has 0 aromatic heterocycles. The predicted molar refractivity (Wildman–Crippen MR) is 70.7 cm³/mol. The van der Waals surface area contributed by atoms with E-state index in [2.05, 4.69) is 10.2 Å². The van der Waals surface area contributed by atoms with E-state index in [0.717, 1.165) is 35.4 Å². The molecule has 1 aliphatic rings. The van der Waals surface area contributed by atoms with Crippen molar-refractivity contribution in [1.29, 1.82) is 0 Å². The monoisotopic (exact) mass is 258 g/mol. The summed E-state index contributed by atoms with van der Waals surface area (Å²) in [5, 5.41) is 4.76. The van der Waals surface area contributed by atoms with Crippen LogP contribution in [0.4, 0.5) is 5.69 Å². The zero-order chi connectivity index (χ0) is 11.5. The molecule has 0 bridgehead atoms. The van der Waals surface area contributed by atoms with Gasteiger partial charge in [0, 0.05) is 18.1 Å². The highest BCUT2D eigenvalue weighted by atomic mass is 35.5. The van der Waals surface area contributed by atoms with Gasteiger partial charge in [-0.05, 0) is 44.1 Å².